The van der Waals surface area contributed by atoms with E-state index in [-0.39, 0.29) is 78.7 Å². The number of hydrogen-bond acceptors (Lipinski definition) is 10. The lowest BCUT2D eigenvalue weighted by Crippen LogP contribution is -2.65. The molecule has 0 spiro atoms. The molecule has 302 valence electrons. The summed E-state index contributed by atoms with van der Waals surface area (Å²) in [7, 11) is 0. The van der Waals surface area contributed by atoms with E-state index in [4.69, 9.17) is 23.9 Å². The van der Waals surface area contributed by atoms with Crippen molar-refractivity contribution in [3.8, 4) is 5.88 Å². The highest BCUT2D eigenvalue weighted by atomic mass is 19.1. The molecule has 6 rings (SSSR count). The second-order valence-corrected chi connectivity index (χ2v) is 16.8. The van der Waals surface area contributed by atoms with Gasteiger partial charge in [0.25, 0.3) is 5.91 Å². The Hall–Kier alpha value is -3.85. The molecular weight excluding hydrogens is 707 g/mol. The number of ether oxygens (including phenoxy) is 4. The molecule has 3 amide bonds. The van der Waals surface area contributed by atoms with Crippen LogP contribution in [0, 0.1) is 11.7 Å². The molecule has 0 bridgehead atoms. The van der Waals surface area contributed by atoms with Gasteiger partial charge in [-0.1, -0.05) is 12.1 Å². The third-order valence-corrected chi connectivity index (χ3v) is 11.1. The van der Waals surface area contributed by atoms with Crippen molar-refractivity contribution >= 4 is 23.6 Å². The summed E-state index contributed by atoms with van der Waals surface area (Å²) in [6, 6.07) is 7.69. The average molecular weight is 767 g/mol. The predicted octanol–water partition coefficient (Wildman–Crippen LogP) is 4.50. The van der Waals surface area contributed by atoms with E-state index < -0.39 is 5.60 Å². The Balaban J connectivity index is 1.28. The molecule has 5 atom stereocenters. The Morgan fingerprint density at radius 1 is 0.927 bits per heavy atom. The highest BCUT2D eigenvalue weighted by Crippen LogP contribution is 2.36. The van der Waals surface area contributed by atoms with E-state index in [0.29, 0.717) is 76.2 Å². The van der Waals surface area contributed by atoms with Gasteiger partial charge in [0.1, 0.15) is 29.4 Å². The molecular formula is C41H59FN6O7. The van der Waals surface area contributed by atoms with Crippen LogP contribution >= 0.6 is 0 Å². The van der Waals surface area contributed by atoms with Crippen LogP contribution in [-0.4, -0.2) is 139 Å². The lowest BCUT2D eigenvalue weighted by Gasteiger charge is -2.49. The Morgan fingerprint density at radius 2 is 1.62 bits per heavy atom. The molecule has 55 heavy (non-hydrogen) atoms. The number of hydrogen-bond donors (Lipinski definition) is 1. The topological polar surface area (TPSA) is 126 Å². The predicted molar refractivity (Wildman–Crippen MR) is 206 cm³/mol. The van der Waals surface area contributed by atoms with Gasteiger partial charge in [0.15, 0.2) is 0 Å². The van der Waals surface area contributed by atoms with Gasteiger partial charge in [-0.3, -0.25) is 19.4 Å². The molecule has 0 aliphatic carbocycles. The number of morpholine rings is 1. The maximum Gasteiger partial charge on any atom is 0.410 e. The summed E-state index contributed by atoms with van der Waals surface area (Å²) < 4.78 is 37.1. The first-order valence-corrected chi connectivity index (χ1v) is 19.8. The zero-order valence-electron chi connectivity index (χ0n) is 33.5. The Kier molecular flexibility index (Phi) is 13.0. The lowest BCUT2D eigenvalue weighted by molar-refractivity contribution is -0.123. The van der Waals surface area contributed by atoms with Gasteiger partial charge >= 0.3 is 6.09 Å². The molecule has 0 radical (unpaired) electrons. The number of nitrogens with zero attached hydrogens (tertiary/aromatic N) is 5. The maximum atomic E-state index is 14.6. The first-order valence-electron chi connectivity index (χ1n) is 19.8. The minimum atomic E-state index is -0.637. The van der Waals surface area contributed by atoms with Crippen molar-refractivity contribution in [3.05, 3.63) is 53.0 Å². The molecule has 14 heteroatoms. The van der Waals surface area contributed by atoms with E-state index >= 15 is 0 Å². The summed E-state index contributed by atoms with van der Waals surface area (Å²) in [5.41, 5.74) is 1.49. The van der Waals surface area contributed by atoms with Gasteiger partial charge in [-0.15, -0.1) is 0 Å². The summed E-state index contributed by atoms with van der Waals surface area (Å²) in [5.74, 6) is -0.265. The van der Waals surface area contributed by atoms with Crippen LogP contribution in [0.4, 0.5) is 14.9 Å². The third-order valence-electron chi connectivity index (χ3n) is 11.1. The summed E-state index contributed by atoms with van der Waals surface area (Å²) in [5, 5.41) is 3.07. The fraction of sp³-hybridized carbons (Fsp3) is 0.659. The molecule has 1 aromatic heterocycles. The van der Waals surface area contributed by atoms with Crippen LogP contribution in [0.5, 0.6) is 5.88 Å². The summed E-state index contributed by atoms with van der Waals surface area (Å²) in [6.07, 6.45) is 1.69. The number of amides is 3. The van der Waals surface area contributed by atoms with Gasteiger partial charge in [0, 0.05) is 63.6 Å². The van der Waals surface area contributed by atoms with E-state index in [9.17, 15) is 18.8 Å². The smallest absolute Gasteiger partial charge is 0.410 e. The summed E-state index contributed by atoms with van der Waals surface area (Å²) in [4.78, 5) is 54.7. The first kappa shape index (κ1) is 40.8. The number of anilines is 1. The number of carbonyl (C=O) groups excluding carboxylic acids is 3. The van der Waals surface area contributed by atoms with Crippen molar-refractivity contribution in [2.75, 3.05) is 70.7 Å². The minimum Gasteiger partial charge on any atom is -0.474 e. The standard InChI is InChI=1S/C41H59FN6O7/c1-26-19-45(34(20-46-27(2)23-53-24-28(46)3)21-47(26)40(51)55-41(5,6)7)22-36(49)48-29(4)25-54-39-35(48)17-32(16-30-8-10-33(42)11-9-30)37(44-39)38(50)43-18-31-12-14-52-15-13-31/h8-11,17,26-29,31,34H,12-16,18-25H2,1-7H3,(H,43,50)/t26-,27-,28-,29+,34+/m1/s1. The zero-order valence-corrected chi connectivity index (χ0v) is 33.5. The molecule has 4 aliphatic heterocycles. The van der Waals surface area contributed by atoms with Crippen LogP contribution in [-0.2, 0) is 25.4 Å². The van der Waals surface area contributed by atoms with Crippen LogP contribution in [0.25, 0.3) is 0 Å². The van der Waals surface area contributed by atoms with Crippen LogP contribution in [0.2, 0.25) is 0 Å². The molecule has 5 heterocycles. The molecule has 2 aromatic rings. The number of nitrogens with one attached hydrogen (secondary N) is 1. The Morgan fingerprint density at radius 3 is 2.29 bits per heavy atom. The van der Waals surface area contributed by atoms with Gasteiger partial charge in [0.05, 0.1) is 25.8 Å². The quantitative estimate of drug-likeness (QED) is 0.390. The minimum absolute atomic E-state index is 0.106. The normalized spacial score (nSPS) is 25.6. The SMILES string of the molecule is C[C@@H]1CN(CC(=O)N2c3cc(Cc4ccc(F)cc4)c(C(=O)NCC4CCOCC4)nc3OC[C@@H]2C)[C@@H](CN2[C@H](C)COC[C@H]2C)CN1C(=O)OC(C)(C)C. The van der Waals surface area contributed by atoms with Crippen molar-refractivity contribution in [2.45, 2.75) is 104 Å². The number of benzene rings is 1. The van der Waals surface area contributed by atoms with Crippen LogP contribution in [0.3, 0.4) is 0 Å². The lowest BCUT2D eigenvalue weighted by atomic mass is 9.99. The van der Waals surface area contributed by atoms with E-state index in [1.807, 2.05) is 40.7 Å². The van der Waals surface area contributed by atoms with E-state index in [0.717, 1.165) is 18.4 Å². The van der Waals surface area contributed by atoms with Crippen molar-refractivity contribution in [1.29, 1.82) is 0 Å². The van der Waals surface area contributed by atoms with Crippen molar-refractivity contribution in [2.24, 2.45) is 5.92 Å². The summed E-state index contributed by atoms with van der Waals surface area (Å²) >= 11 is 0. The maximum absolute atomic E-state index is 14.6. The monoisotopic (exact) mass is 766 g/mol. The van der Waals surface area contributed by atoms with E-state index in [1.165, 1.54) is 12.1 Å². The third kappa shape index (κ3) is 10.1. The van der Waals surface area contributed by atoms with E-state index in [1.54, 1.807) is 21.9 Å². The van der Waals surface area contributed by atoms with Crippen molar-refractivity contribution < 1.29 is 37.7 Å². The highest BCUT2D eigenvalue weighted by molar-refractivity contribution is 5.99. The number of halogens is 1. The number of carbonyl (C=O) groups is 3. The van der Waals surface area contributed by atoms with Gasteiger partial charge in [-0.25, -0.2) is 14.2 Å². The van der Waals surface area contributed by atoms with Crippen molar-refractivity contribution in [1.82, 2.24) is 25.0 Å². The largest absolute Gasteiger partial charge is 0.474 e. The average Bonchev–Trinajstić information content (AvgIpc) is 3.13. The second kappa shape index (κ2) is 17.5. The molecule has 0 saturated carbocycles. The number of aromatic nitrogens is 1. The fourth-order valence-corrected chi connectivity index (χ4v) is 8.06. The molecule has 1 N–H and O–H groups in total. The second-order valence-electron chi connectivity index (χ2n) is 16.8. The van der Waals surface area contributed by atoms with Gasteiger partial charge in [-0.05, 0) is 103 Å². The number of pyridine rings is 1. The van der Waals surface area contributed by atoms with Gasteiger partial charge in [-0.2, -0.15) is 0 Å². The number of rotatable bonds is 9. The van der Waals surface area contributed by atoms with Crippen LogP contribution in [0.15, 0.2) is 30.3 Å². The first-order chi connectivity index (χ1) is 26.2. The van der Waals surface area contributed by atoms with E-state index in [2.05, 4.69) is 29.0 Å². The summed E-state index contributed by atoms with van der Waals surface area (Å²) in [6.45, 7) is 18.7. The molecule has 0 unspecified atom stereocenters. The Bertz CT molecular complexity index is 1660. The van der Waals surface area contributed by atoms with Crippen LogP contribution in [0.1, 0.15) is 82.9 Å². The highest BCUT2D eigenvalue weighted by Gasteiger charge is 2.41. The van der Waals surface area contributed by atoms with Gasteiger partial charge < -0.3 is 34.1 Å². The molecule has 13 nitrogen and oxygen atoms in total. The zero-order chi connectivity index (χ0) is 39.4. The molecule has 3 saturated heterocycles. The number of fused-ring (bicyclic) bond motifs is 1. The van der Waals surface area contributed by atoms with Gasteiger partial charge in [0.2, 0.25) is 11.8 Å². The fourth-order valence-electron chi connectivity index (χ4n) is 8.06. The molecule has 4 aliphatic rings. The van der Waals surface area contributed by atoms with Crippen molar-refractivity contribution in [3.63, 3.8) is 0 Å². The molecule has 3 fully saturated rings. The molecule has 1 aromatic carbocycles. The number of piperazine rings is 1. The Labute approximate surface area is 324 Å². The van der Waals surface area contributed by atoms with Crippen LogP contribution < -0.4 is 15.0 Å².